The average Bonchev–Trinajstić information content (AvgIpc) is 2.47. The van der Waals surface area contributed by atoms with Gasteiger partial charge < -0.3 is 10.1 Å². The molecule has 0 spiro atoms. The van der Waals surface area contributed by atoms with Crippen LogP contribution in [0.2, 0.25) is 0 Å². The van der Waals surface area contributed by atoms with Gasteiger partial charge in [0.15, 0.2) is 0 Å². The highest BCUT2D eigenvalue weighted by atomic mass is 16.5. The summed E-state index contributed by atoms with van der Waals surface area (Å²) in [5.74, 6) is 0.646. The average molecular weight is 271 g/mol. The molecule has 0 aliphatic rings. The van der Waals surface area contributed by atoms with E-state index in [0.29, 0.717) is 12.5 Å². The predicted octanol–water partition coefficient (Wildman–Crippen LogP) is 2.65. The lowest BCUT2D eigenvalue weighted by Crippen LogP contribution is -2.17. The van der Waals surface area contributed by atoms with E-state index in [1.54, 1.807) is 6.20 Å². The molecule has 0 fully saturated rings. The second-order valence-electron chi connectivity index (χ2n) is 4.77. The van der Waals surface area contributed by atoms with Crippen LogP contribution >= 0.6 is 0 Å². The minimum atomic E-state index is 0.646. The second kappa shape index (κ2) is 7.60. The van der Waals surface area contributed by atoms with Crippen molar-refractivity contribution in [3.8, 4) is 5.88 Å². The maximum atomic E-state index is 5.66. The van der Waals surface area contributed by atoms with Crippen LogP contribution in [0.1, 0.15) is 23.4 Å². The van der Waals surface area contributed by atoms with Gasteiger partial charge in [-0.05, 0) is 32.4 Å². The molecule has 0 unspecified atom stereocenters. The molecule has 0 bridgehead atoms. The summed E-state index contributed by atoms with van der Waals surface area (Å²) in [4.78, 5) is 8.56. The van der Waals surface area contributed by atoms with E-state index in [1.165, 1.54) is 5.56 Å². The fourth-order valence-corrected chi connectivity index (χ4v) is 1.85. The molecule has 1 N–H and O–H groups in total. The van der Waals surface area contributed by atoms with E-state index < -0.39 is 0 Å². The third-order valence-corrected chi connectivity index (χ3v) is 2.94. The molecule has 1 aromatic heterocycles. The summed E-state index contributed by atoms with van der Waals surface area (Å²) < 4.78 is 5.66. The lowest BCUT2D eigenvalue weighted by Gasteiger charge is -2.08. The molecule has 2 rings (SSSR count). The van der Waals surface area contributed by atoms with Crippen molar-refractivity contribution in [1.29, 1.82) is 0 Å². The van der Waals surface area contributed by atoms with Gasteiger partial charge in [0.25, 0.3) is 0 Å². The van der Waals surface area contributed by atoms with Crippen LogP contribution in [-0.4, -0.2) is 23.1 Å². The first kappa shape index (κ1) is 14.5. The first-order valence-electron chi connectivity index (χ1n) is 6.93. The summed E-state index contributed by atoms with van der Waals surface area (Å²) >= 11 is 0. The minimum Gasteiger partial charge on any atom is -0.476 e. The lowest BCUT2D eigenvalue weighted by atomic mass is 10.2. The first-order valence-corrected chi connectivity index (χ1v) is 6.93. The fraction of sp³-hybridized carbons (Fsp3) is 0.375. The van der Waals surface area contributed by atoms with Crippen molar-refractivity contribution in [3.63, 3.8) is 0 Å². The van der Waals surface area contributed by atoms with Crippen LogP contribution in [0, 0.1) is 13.8 Å². The number of aryl methyl sites for hydroxylation is 2. The van der Waals surface area contributed by atoms with Gasteiger partial charge in [0.1, 0.15) is 0 Å². The van der Waals surface area contributed by atoms with Crippen LogP contribution in [0.3, 0.4) is 0 Å². The standard InChI is InChI=1S/C16H21N3O/c1-13-11-18-14(2)16(19-13)20-10-6-9-17-12-15-7-4-3-5-8-15/h3-5,7-8,11,17H,6,9-10,12H2,1-2H3. The van der Waals surface area contributed by atoms with Crippen LogP contribution in [-0.2, 0) is 6.54 Å². The van der Waals surface area contributed by atoms with Crippen molar-refractivity contribution in [2.45, 2.75) is 26.8 Å². The summed E-state index contributed by atoms with van der Waals surface area (Å²) in [7, 11) is 0. The number of nitrogens with zero attached hydrogens (tertiary/aromatic N) is 2. The SMILES string of the molecule is Cc1cnc(C)c(OCCCNCc2ccccc2)n1. The van der Waals surface area contributed by atoms with E-state index >= 15 is 0 Å². The van der Waals surface area contributed by atoms with Gasteiger partial charge >= 0.3 is 0 Å². The third kappa shape index (κ3) is 4.63. The second-order valence-corrected chi connectivity index (χ2v) is 4.77. The number of aromatic nitrogens is 2. The molecular formula is C16H21N3O. The molecule has 0 amide bonds. The van der Waals surface area contributed by atoms with Crippen molar-refractivity contribution >= 4 is 0 Å². The largest absolute Gasteiger partial charge is 0.476 e. The smallest absolute Gasteiger partial charge is 0.235 e. The first-order chi connectivity index (χ1) is 9.75. The molecule has 0 aliphatic heterocycles. The van der Waals surface area contributed by atoms with Crippen molar-refractivity contribution in [2.24, 2.45) is 0 Å². The molecule has 0 aliphatic carbocycles. The van der Waals surface area contributed by atoms with Gasteiger partial charge in [-0.2, -0.15) is 0 Å². The van der Waals surface area contributed by atoms with E-state index in [9.17, 15) is 0 Å². The van der Waals surface area contributed by atoms with Crippen molar-refractivity contribution < 1.29 is 4.74 Å². The van der Waals surface area contributed by atoms with Crippen molar-refractivity contribution in [1.82, 2.24) is 15.3 Å². The van der Waals surface area contributed by atoms with E-state index in [4.69, 9.17) is 4.74 Å². The number of nitrogens with one attached hydrogen (secondary N) is 1. The summed E-state index contributed by atoms with van der Waals surface area (Å²) in [5.41, 5.74) is 3.02. The van der Waals surface area contributed by atoms with Gasteiger partial charge in [-0.25, -0.2) is 4.98 Å². The Kier molecular flexibility index (Phi) is 5.50. The highest BCUT2D eigenvalue weighted by molar-refractivity contribution is 5.18. The molecule has 0 radical (unpaired) electrons. The zero-order valence-corrected chi connectivity index (χ0v) is 12.1. The van der Waals surface area contributed by atoms with Crippen LogP contribution in [0.4, 0.5) is 0 Å². The summed E-state index contributed by atoms with van der Waals surface area (Å²) in [5, 5.41) is 3.40. The normalized spacial score (nSPS) is 10.5. The number of benzene rings is 1. The van der Waals surface area contributed by atoms with Crippen LogP contribution in [0.25, 0.3) is 0 Å². The van der Waals surface area contributed by atoms with Crippen LogP contribution in [0.15, 0.2) is 36.5 Å². The number of hydrogen-bond acceptors (Lipinski definition) is 4. The Labute approximate surface area is 120 Å². The van der Waals surface area contributed by atoms with Crippen LogP contribution < -0.4 is 10.1 Å². The predicted molar refractivity (Wildman–Crippen MR) is 79.8 cm³/mol. The van der Waals surface area contributed by atoms with Gasteiger partial charge in [0, 0.05) is 12.7 Å². The molecule has 1 aromatic carbocycles. The van der Waals surface area contributed by atoms with Gasteiger partial charge in [0.05, 0.1) is 18.0 Å². The fourth-order valence-electron chi connectivity index (χ4n) is 1.85. The van der Waals surface area contributed by atoms with E-state index in [2.05, 4.69) is 39.6 Å². The summed E-state index contributed by atoms with van der Waals surface area (Å²) in [6, 6.07) is 10.4. The monoisotopic (exact) mass is 271 g/mol. The molecular weight excluding hydrogens is 250 g/mol. The van der Waals surface area contributed by atoms with Crippen LogP contribution in [0.5, 0.6) is 5.88 Å². The van der Waals surface area contributed by atoms with Gasteiger partial charge in [-0.3, -0.25) is 4.98 Å². The molecule has 0 saturated heterocycles. The zero-order valence-electron chi connectivity index (χ0n) is 12.1. The Morgan fingerprint density at radius 2 is 1.95 bits per heavy atom. The van der Waals surface area contributed by atoms with Crippen molar-refractivity contribution in [2.75, 3.05) is 13.2 Å². The number of rotatable bonds is 7. The Morgan fingerprint density at radius 3 is 2.75 bits per heavy atom. The molecule has 0 saturated carbocycles. The molecule has 20 heavy (non-hydrogen) atoms. The Morgan fingerprint density at radius 1 is 1.15 bits per heavy atom. The quantitative estimate of drug-likeness (QED) is 0.786. The van der Waals surface area contributed by atoms with Gasteiger partial charge in [-0.1, -0.05) is 30.3 Å². The molecule has 0 atom stereocenters. The molecule has 4 nitrogen and oxygen atoms in total. The highest BCUT2D eigenvalue weighted by Crippen LogP contribution is 2.11. The van der Waals surface area contributed by atoms with Crippen molar-refractivity contribution in [3.05, 3.63) is 53.5 Å². The molecule has 4 heteroatoms. The van der Waals surface area contributed by atoms with Gasteiger partial charge in [0.2, 0.25) is 5.88 Å². The lowest BCUT2D eigenvalue weighted by molar-refractivity contribution is 0.292. The Hall–Kier alpha value is -1.94. The van der Waals surface area contributed by atoms with E-state index in [-0.39, 0.29) is 0 Å². The van der Waals surface area contributed by atoms with Gasteiger partial charge in [-0.15, -0.1) is 0 Å². The summed E-state index contributed by atoms with van der Waals surface area (Å²) in [6.45, 7) is 6.30. The maximum Gasteiger partial charge on any atom is 0.235 e. The number of hydrogen-bond donors (Lipinski definition) is 1. The summed E-state index contributed by atoms with van der Waals surface area (Å²) in [6.07, 6.45) is 2.70. The Bertz CT molecular complexity index is 529. The van der Waals surface area contributed by atoms with E-state index in [0.717, 1.165) is 30.9 Å². The number of ether oxygens (including phenoxy) is 1. The highest BCUT2D eigenvalue weighted by Gasteiger charge is 2.02. The molecule has 2 aromatic rings. The third-order valence-electron chi connectivity index (χ3n) is 2.94. The Balaban J connectivity index is 1.63. The van der Waals surface area contributed by atoms with E-state index in [1.807, 2.05) is 19.9 Å². The topological polar surface area (TPSA) is 47.0 Å². The maximum absolute atomic E-state index is 5.66. The minimum absolute atomic E-state index is 0.646. The molecule has 106 valence electrons. The zero-order chi connectivity index (χ0) is 14.2. The molecule has 1 heterocycles.